The summed E-state index contributed by atoms with van der Waals surface area (Å²) in [4.78, 5) is 14.6. The monoisotopic (exact) mass is 441 g/mol. The van der Waals surface area contributed by atoms with Crippen molar-refractivity contribution in [2.45, 2.75) is 69.1 Å². The molecule has 0 radical (unpaired) electrons. The molecule has 0 N–H and O–H groups in total. The normalized spacial score (nSPS) is 15.3. The van der Waals surface area contributed by atoms with Gasteiger partial charge in [0.25, 0.3) is 0 Å². The lowest BCUT2D eigenvalue weighted by Crippen LogP contribution is -2.50. The number of thioether (sulfide) groups is 1. The van der Waals surface area contributed by atoms with E-state index in [2.05, 4.69) is 27.8 Å². The molecule has 0 atom stereocenters. The van der Waals surface area contributed by atoms with E-state index in [4.69, 9.17) is 4.74 Å². The minimum atomic E-state index is -0.667. The largest absolute Gasteiger partial charge is 0.497 e. The average molecular weight is 442 g/mol. The zero-order valence-electron chi connectivity index (χ0n) is 18.6. The number of methoxy groups -OCH3 is 1. The Morgan fingerprint density at radius 3 is 2.58 bits per heavy atom. The highest BCUT2D eigenvalue weighted by atomic mass is 32.2. The number of unbranched alkanes of at least 4 members (excludes halogenated alkanes) is 1. The summed E-state index contributed by atoms with van der Waals surface area (Å²) in [6, 6.07) is 10.2. The molecule has 166 valence electrons. The van der Waals surface area contributed by atoms with Crippen LogP contribution in [-0.2, 0) is 11.3 Å². The second-order valence-electron chi connectivity index (χ2n) is 7.99. The molecular weight excluding hydrogens is 410 g/mol. The van der Waals surface area contributed by atoms with Crippen molar-refractivity contribution in [1.29, 1.82) is 5.26 Å². The number of carbonyl (C=O) groups is 1. The number of benzene rings is 1. The lowest BCUT2D eigenvalue weighted by Gasteiger charge is -2.39. The van der Waals surface area contributed by atoms with Crippen LogP contribution in [0.1, 0.15) is 51.9 Å². The molecule has 0 bridgehead atoms. The zero-order valence-corrected chi connectivity index (χ0v) is 19.5. The van der Waals surface area contributed by atoms with Gasteiger partial charge in [-0.2, -0.15) is 5.26 Å². The maximum absolute atomic E-state index is 12.9. The third-order valence-corrected chi connectivity index (χ3v) is 6.98. The minimum absolute atomic E-state index is 0.0375. The van der Waals surface area contributed by atoms with E-state index >= 15 is 0 Å². The molecular formula is C23H31N5O2S. The number of nitrogens with zero attached hydrogens (tertiary/aromatic N) is 5. The summed E-state index contributed by atoms with van der Waals surface area (Å²) < 4.78 is 7.34. The fraction of sp³-hybridized carbons (Fsp3) is 0.565. The van der Waals surface area contributed by atoms with Crippen molar-refractivity contribution in [3.05, 3.63) is 24.3 Å². The topological polar surface area (TPSA) is 84.0 Å². The van der Waals surface area contributed by atoms with Crippen LogP contribution in [0.5, 0.6) is 5.75 Å². The van der Waals surface area contributed by atoms with Crippen molar-refractivity contribution < 1.29 is 9.53 Å². The molecule has 1 aliphatic rings. The van der Waals surface area contributed by atoms with Crippen LogP contribution < -0.4 is 4.74 Å². The fourth-order valence-electron chi connectivity index (χ4n) is 3.99. The number of ether oxygens (including phenoxy) is 1. The summed E-state index contributed by atoms with van der Waals surface area (Å²) in [5, 5.41) is 19.3. The first-order valence-electron chi connectivity index (χ1n) is 10.9. The molecule has 2 aromatic rings. The first-order valence-corrected chi connectivity index (χ1v) is 11.9. The summed E-state index contributed by atoms with van der Waals surface area (Å²) in [6.07, 6.45) is 6.69. The molecule has 8 heteroatoms. The molecule has 1 amide bonds. The quantitative estimate of drug-likeness (QED) is 0.532. The summed E-state index contributed by atoms with van der Waals surface area (Å²) in [5.41, 5.74) is 0.297. The van der Waals surface area contributed by atoms with Crippen molar-refractivity contribution in [2.75, 3.05) is 19.9 Å². The van der Waals surface area contributed by atoms with Crippen molar-refractivity contribution in [3.8, 4) is 23.2 Å². The molecule has 1 aliphatic carbocycles. The SMILES string of the molecule is CCCCn1c(SCC(=O)N(C)C2(C#N)CCCCC2)nnc1-c1ccc(OC)cc1. The molecule has 31 heavy (non-hydrogen) atoms. The van der Waals surface area contributed by atoms with Crippen LogP contribution in [0.2, 0.25) is 0 Å². The summed E-state index contributed by atoms with van der Waals surface area (Å²) in [6.45, 7) is 2.94. The van der Waals surface area contributed by atoms with Gasteiger partial charge >= 0.3 is 0 Å². The van der Waals surface area contributed by atoms with Gasteiger partial charge < -0.3 is 14.2 Å². The number of rotatable bonds is 9. The van der Waals surface area contributed by atoms with E-state index in [1.807, 2.05) is 24.3 Å². The Hall–Kier alpha value is -2.53. The van der Waals surface area contributed by atoms with E-state index in [0.717, 1.165) is 73.8 Å². The maximum Gasteiger partial charge on any atom is 0.234 e. The van der Waals surface area contributed by atoms with Gasteiger partial charge in [0.2, 0.25) is 5.91 Å². The van der Waals surface area contributed by atoms with E-state index < -0.39 is 5.54 Å². The van der Waals surface area contributed by atoms with Crippen LogP contribution in [0.4, 0.5) is 0 Å². The van der Waals surface area contributed by atoms with Crippen molar-refractivity contribution in [2.24, 2.45) is 0 Å². The Morgan fingerprint density at radius 1 is 1.26 bits per heavy atom. The van der Waals surface area contributed by atoms with Gasteiger partial charge in [0.1, 0.15) is 11.3 Å². The minimum Gasteiger partial charge on any atom is -0.497 e. The second kappa shape index (κ2) is 10.7. The van der Waals surface area contributed by atoms with E-state index in [9.17, 15) is 10.1 Å². The van der Waals surface area contributed by atoms with Gasteiger partial charge in [0, 0.05) is 19.2 Å². The van der Waals surface area contributed by atoms with Gasteiger partial charge in [-0.3, -0.25) is 4.79 Å². The Morgan fingerprint density at radius 2 is 1.97 bits per heavy atom. The smallest absolute Gasteiger partial charge is 0.234 e. The molecule has 0 spiro atoms. The van der Waals surface area contributed by atoms with Gasteiger partial charge in [-0.05, 0) is 43.5 Å². The average Bonchev–Trinajstić information content (AvgIpc) is 3.23. The highest BCUT2D eigenvalue weighted by Crippen LogP contribution is 2.33. The third kappa shape index (κ3) is 5.21. The van der Waals surface area contributed by atoms with Crippen molar-refractivity contribution >= 4 is 17.7 Å². The lowest BCUT2D eigenvalue weighted by atomic mass is 9.81. The van der Waals surface area contributed by atoms with Gasteiger partial charge in [0.15, 0.2) is 11.0 Å². The lowest BCUT2D eigenvalue weighted by molar-refractivity contribution is -0.131. The van der Waals surface area contributed by atoms with Crippen molar-refractivity contribution in [3.63, 3.8) is 0 Å². The van der Waals surface area contributed by atoms with E-state index in [1.54, 1.807) is 19.1 Å². The first-order chi connectivity index (χ1) is 15.0. The summed E-state index contributed by atoms with van der Waals surface area (Å²) >= 11 is 1.39. The van der Waals surface area contributed by atoms with Crippen LogP contribution in [0.15, 0.2) is 29.4 Å². The number of aromatic nitrogens is 3. The maximum atomic E-state index is 12.9. The summed E-state index contributed by atoms with van der Waals surface area (Å²) in [7, 11) is 3.41. The van der Waals surface area contributed by atoms with Crippen LogP contribution in [-0.4, -0.2) is 51.0 Å². The molecule has 1 aromatic heterocycles. The third-order valence-electron chi connectivity index (χ3n) is 6.03. The molecule has 0 aliphatic heterocycles. The van der Waals surface area contributed by atoms with Gasteiger partial charge in [-0.15, -0.1) is 10.2 Å². The molecule has 7 nitrogen and oxygen atoms in total. The van der Waals surface area contributed by atoms with Crippen molar-refractivity contribution in [1.82, 2.24) is 19.7 Å². The predicted molar refractivity (Wildman–Crippen MR) is 122 cm³/mol. The molecule has 3 rings (SSSR count). The van der Waals surface area contributed by atoms with Gasteiger partial charge in [-0.1, -0.05) is 44.4 Å². The van der Waals surface area contributed by atoms with Gasteiger partial charge in [0.05, 0.1) is 18.9 Å². The molecule has 0 saturated heterocycles. The molecule has 0 unspecified atom stereocenters. The number of hydrogen-bond donors (Lipinski definition) is 0. The Bertz CT molecular complexity index is 913. The molecule has 1 heterocycles. The number of carbonyl (C=O) groups excluding carboxylic acids is 1. The van der Waals surface area contributed by atoms with Crippen LogP contribution in [0, 0.1) is 11.3 Å². The number of hydrogen-bond acceptors (Lipinski definition) is 6. The Kier molecular flexibility index (Phi) is 7.97. The highest BCUT2D eigenvalue weighted by Gasteiger charge is 2.38. The van der Waals surface area contributed by atoms with E-state index in [-0.39, 0.29) is 11.7 Å². The standard InChI is InChI=1S/C23H31N5O2S/c1-4-5-15-28-21(18-9-11-19(30-3)12-10-18)25-26-22(28)31-16-20(29)27(2)23(17-24)13-7-6-8-14-23/h9-12H,4-8,13-16H2,1-3H3. The fourth-order valence-corrected chi connectivity index (χ4v) is 4.87. The Labute approximate surface area is 188 Å². The van der Waals surface area contributed by atoms with Crippen LogP contribution in [0.3, 0.4) is 0 Å². The zero-order chi connectivity index (χ0) is 22.3. The highest BCUT2D eigenvalue weighted by molar-refractivity contribution is 7.99. The number of amides is 1. The predicted octanol–water partition coefficient (Wildman–Crippen LogP) is 4.53. The van der Waals surface area contributed by atoms with Crippen LogP contribution in [0.25, 0.3) is 11.4 Å². The Balaban J connectivity index is 1.75. The molecule has 1 aromatic carbocycles. The number of nitriles is 1. The first kappa shape index (κ1) is 23.1. The van der Waals surface area contributed by atoms with Gasteiger partial charge in [-0.25, -0.2) is 0 Å². The second-order valence-corrected chi connectivity index (χ2v) is 8.93. The molecule has 1 fully saturated rings. The van der Waals surface area contributed by atoms with E-state index in [0.29, 0.717) is 0 Å². The van der Waals surface area contributed by atoms with Crippen LogP contribution >= 0.6 is 11.8 Å². The molecule has 1 saturated carbocycles. The summed E-state index contributed by atoms with van der Waals surface area (Å²) in [5.74, 6) is 1.79. The van der Waals surface area contributed by atoms with E-state index in [1.165, 1.54) is 11.8 Å².